The van der Waals surface area contributed by atoms with E-state index in [2.05, 4.69) is 14.1 Å². The Bertz CT molecular complexity index is 408. The van der Waals surface area contributed by atoms with Crippen molar-refractivity contribution >= 4 is 5.97 Å². The third-order valence-electron chi connectivity index (χ3n) is 3.78. The number of ether oxygens (including phenoxy) is 1. The molecule has 0 aromatic heterocycles. The van der Waals surface area contributed by atoms with Gasteiger partial charge >= 0.3 is 5.97 Å². The molecule has 1 aliphatic carbocycles. The highest BCUT2D eigenvalue weighted by Crippen LogP contribution is 2.26. The lowest BCUT2D eigenvalue weighted by atomic mass is 9.86. The van der Waals surface area contributed by atoms with E-state index >= 15 is 0 Å². The molecule has 1 aromatic carbocycles. The zero-order chi connectivity index (χ0) is 13.7. The molecule has 1 aliphatic rings. The quantitative estimate of drug-likeness (QED) is 0.690. The second-order valence-electron chi connectivity index (χ2n) is 5.77. The van der Waals surface area contributed by atoms with E-state index in [1.54, 1.807) is 0 Å². The number of nitrogens with one attached hydrogen (secondary N) is 1. The maximum Gasteiger partial charge on any atom is 0.338 e. The van der Waals surface area contributed by atoms with Gasteiger partial charge in [0.2, 0.25) is 0 Å². The number of esters is 1. The number of quaternary nitrogens is 1. The van der Waals surface area contributed by atoms with E-state index in [4.69, 9.17) is 4.74 Å². The molecule has 1 saturated carbocycles. The molecule has 0 saturated heterocycles. The molecule has 0 amide bonds. The van der Waals surface area contributed by atoms with Crippen LogP contribution in [-0.2, 0) is 4.74 Å². The normalized spacial score (nSPS) is 22.1. The van der Waals surface area contributed by atoms with Crippen LogP contribution in [0.4, 0.5) is 0 Å². The van der Waals surface area contributed by atoms with Gasteiger partial charge in [-0.1, -0.05) is 24.6 Å². The van der Waals surface area contributed by atoms with Gasteiger partial charge in [0.1, 0.15) is 6.10 Å². The van der Waals surface area contributed by atoms with Crippen molar-refractivity contribution in [1.82, 2.24) is 0 Å². The van der Waals surface area contributed by atoms with E-state index in [-0.39, 0.29) is 24.5 Å². The van der Waals surface area contributed by atoms with Crippen LogP contribution in [0.1, 0.15) is 36.0 Å². The van der Waals surface area contributed by atoms with E-state index in [1.807, 2.05) is 30.3 Å². The van der Waals surface area contributed by atoms with Crippen LogP contribution in [0.2, 0.25) is 0 Å². The Morgan fingerprint density at radius 2 is 1.85 bits per heavy atom. The van der Waals surface area contributed by atoms with Crippen LogP contribution >= 0.6 is 0 Å². The molecule has 2 rings (SSSR count). The summed E-state index contributed by atoms with van der Waals surface area (Å²) in [6.07, 6.45) is 4.72. The number of rotatable bonds is 4. The van der Waals surface area contributed by atoms with Gasteiger partial charge in [-0.25, -0.2) is 4.79 Å². The molecule has 0 spiro atoms. The standard InChI is InChI=1S/C16H23NO2.ClH/c1-17(2)12-14-10-6-7-11-15(14)19-16(18)13-8-4-3-5-9-13;/h3-5,8-9,14-15H,6-7,10-12H2,1-2H3;1H/t14-,15+;/m0./s1. The molecule has 4 heteroatoms. The van der Waals surface area contributed by atoms with Gasteiger partial charge in [0.15, 0.2) is 0 Å². The molecule has 1 N–H and O–H groups in total. The van der Waals surface area contributed by atoms with Crippen molar-refractivity contribution in [3.63, 3.8) is 0 Å². The number of benzene rings is 1. The first kappa shape index (κ1) is 17.0. The Morgan fingerprint density at radius 3 is 2.50 bits per heavy atom. The maximum absolute atomic E-state index is 12.1. The first-order chi connectivity index (χ1) is 9.16. The molecule has 3 nitrogen and oxygen atoms in total. The third-order valence-corrected chi connectivity index (χ3v) is 3.78. The van der Waals surface area contributed by atoms with Crippen LogP contribution in [0.3, 0.4) is 0 Å². The summed E-state index contributed by atoms with van der Waals surface area (Å²) in [5, 5.41) is 0. The highest BCUT2D eigenvalue weighted by molar-refractivity contribution is 5.89. The fourth-order valence-electron chi connectivity index (χ4n) is 2.87. The number of halogens is 1. The minimum atomic E-state index is -0.175. The summed E-state index contributed by atoms with van der Waals surface area (Å²) >= 11 is 0. The van der Waals surface area contributed by atoms with Crippen LogP contribution in [-0.4, -0.2) is 32.7 Å². The van der Waals surface area contributed by atoms with Crippen molar-refractivity contribution in [1.29, 1.82) is 0 Å². The third kappa shape index (κ3) is 4.80. The molecular weight excluding hydrogens is 274 g/mol. The molecule has 1 fully saturated rings. The average molecular weight is 298 g/mol. The minimum Gasteiger partial charge on any atom is -1.00 e. The van der Waals surface area contributed by atoms with Gasteiger partial charge in [-0.3, -0.25) is 0 Å². The maximum atomic E-state index is 12.1. The molecule has 0 aliphatic heterocycles. The summed E-state index contributed by atoms with van der Waals surface area (Å²) in [5.74, 6) is 0.331. The van der Waals surface area contributed by atoms with Gasteiger partial charge in [-0.2, -0.15) is 0 Å². The van der Waals surface area contributed by atoms with Crippen molar-refractivity contribution in [3.8, 4) is 0 Å². The summed E-state index contributed by atoms with van der Waals surface area (Å²) in [6, 6.07) is 9.29. The minimum absolute atomic E-state index is 0. The number of carbonyl (C=O) groups excluding carboxylic acids is 1. The lowest BCUT2D eigenvalue weighted by Gasteiger charge is -2.31. The Kier molecular flexibility index (Phi) is 7.03. The Morgan fingerprint density at radius 1 is 1.20 bits per heavy atom. The van der Waals surface area contributed by atoms with Crippen LogP contribution < -0.4 is 17.3 Å². The van der Waals surface area contributed by atoms with E-state index < -0.39 is 0 Å². The molecule has 1 aromatic rings. The summed E-state index contributed by atoms with van der Waals surface area (Å²) in [4.78, 5) is 13.5. The van der Waals surface area contributed by atoms with E-state index in [9.17, 15) is 4.79 Å². The lowest BCUT2D eigenvalue weighted by molar-refractivity contribution is -0.862. The summed E-state index contributed by atoms with van der Waals surface area (Å²) in [7, 11) is 4.31. The summed E-state index contributed by atoms with van der Waals surface area (Å²) in [5.41, 5.74) is 0.657. The van der Waals surface area contributed by atoms with Gasteiger partial charge in [0.25, 0.3) is 0 Å². The van der Waals surface area contributed by atoms with Gasteiger partial charge in [0, 0.05) is 5.92 Å². The topological polar surface area (TPSA) is 30.7 Å². The lowest BCUT2D eigenvalue weighted by Crippen LogP contribution is -3.06. The molecule has 2 atom stereocenters. The molecular formula is C16H24ClNO2. The molecule has 0 heterocycles. The average Bonchev–Trinajstić information content (AvgIpc) is 2.41. The summed E-state index contributed by atoms with van der Waals surface area (Å²) in [6.45, 7) is 1.08. The number of hydrogen-bond acceptors (Lipinski definition) is 2. The monoisotopic (exact) mass is 297 g/mol. The first-order valence-electron chi connectivity index (χ1n) is 7.22. The highest BCUT2D eigenvalue weighted by atomic mass is 35.5. The smallest absolute Gasteiger partial charge is 0.338 e. The van der Waals surface area contributed by atoms with Gasteiger partial charge in [0.05, 0.1) is 26.2 Å². The fourth-order valence-corrected chi connectivity index (χ4v) is 2.87. The Labute approximate surface area is 127 Å². The zero-order valence-corrected chi connectivity index (χ0v) is 13.0. The highest BCUT2D eigenvalue weighted by Gasteiger charge is 2.30. The second-order valence-corrected chi connectivity index (χ2v) is 5.77. The molecule has 20 heavy (non-hydrogen) atoms. The van der Waals surface area contributed by atoms with Gasteiger partial charge in [-0.15, -0.1) is 0 Å². The van der Waals surface area contributed by atoms with Gasteiger partial charge < -0.3 is 22.0 Å². The van der Waals surface area contributed by atoms with Crippen molar-refractivity contribution < 1.29 is 26.8 Å². The fraction of sp³-hybridized carbons (Fsp3) is 0.562. The zero-order valence-electron chi connectivity index (χ0n) is 12.3. The first-order valence-corrected chi connectivity index (χ1v) is 7.22. The Balaban J connectivity index is 0.00000200. The predicted molar refractivity (Wildman–Crippen MR) is 75.3 cm³/mol. The van der Waals surface area contributed by atoms with Crippen LogP contribution in [0, 0.1) is 5.92 Å². The predicted octanol–water partition coefficient (Wildman–Crippen LogP) is -1.45. The molecule has 0 bridgehead atoms. The van der Waals surface area contributed by atoms with Crippen LogP contribution in [0.5, 0.6) is 0 Å². The van der Waals surface area contributed by atoms with Gasteiger partial charge in [-0.05, 0) is 31.4 Å². The van der Waals surface area contributed by atoms with E-state index in [0.29, 0.717) is 11.5 Å². The van der Waals surface area contributed by atoms with Crippen molar-refractivity contribution in [3.05, 3.63) is 35.9 Å². The van der Waals surface area contributed by atoms with Crippen LogP contribution in [0.25, 0.3) is 0 Å². The molecule has 112 valence electrons. The van der Waals surface area contributed by atoms with E-state index in [1.165, 1.54) is 24.2 Å². The SMILES string of the molecule is C[NH+](C)C[C@@H]1CCCC[C@H]1OC(=O)c1ccccc1.[Cl-]. The molecule has 0 radical (unpaired) electrons. The summed E-state index contributed by atoms with van der Waals surface area (Å²) < 4.78 is 5.74. The molecule has 0 unspecified atom stereocenters. The van der Waals surface area contributed by atoms with Crippen molar-refractivity contribution in [2.24, 2.45) is 5.92 Å². The van der Waals surface area contributed by atoms with Crippen LogP contribution in [0.15, 0.2) is 30.3 Å². The second kappa shape index (κ2) is 8.28. The van der Waals surface area contributed by atoms with Crippen molar-refractivity contribution in [2.75, 3.05) is 20.6 Å². The number of carbonyl (C=O) groups is 1. The van der Waals surface area contributed by atoms with E-state index in [0.717, 1.165) is 13.0 Å². The number of hydrogen-bond donors (Lipinski definition) is 1. The Hall–Kier alpha value is -1.06. The van der Waals surface area contributed by atoms with Crippen molar-refractivity contribution in [2.45, 2.75) is 31.8 Å². The largest absolute Gasteiger partial charge is 1.00 e.